The van der Waals surface area contributed by atoms with Crippen molar-refractivity contribution in [1.29, 1.82) is 0 Å². The number of ketones is 1. The molecule has 144 valence electrons. The standard InChI is InChI=1S/C23H22ClNO3/c1-2-28-16-12-10-15(11-13-16)17-14-22(27)25(19-7-4-3-6-18(19)24)20-8-5-9-21(26)23(17)20/h3-4,6-7,10-13,17H,2,5,8-9,14H2,1H3. The normalized spacial score (nSPS) is 19.6. The van der Waals surface area contributed by atoms with Gasteiger partial charge in [-0.05, 0) is 49.6 Å². The van der Waals surface area contributed by atoms with Crippen molar-refractivity contribution in [1.82, 2.24) is 0 Å². The van der Waals surface area contributed by atoms with Gasteiger partial charge in [-0.3, -0.25) is 14.5 Å². The number of para-hydroxylation sites is 1. The Morgan fingerprint density at radius 2 is 1.82 bits per heavy atom. The third-order valence-electron chi connectivity index (χ3n) is 5.36. The van der Waals surface area contributed by atoms with Crippen molar-refractivity contribution in [3.63, 3.8) is 0 Å². The lowest BCUT2D eigenvalue weighted by Crippen LogP contribution is -2.40. The van der Waals surface area contributed by atoms with Crippen molar-refractivity contribution in [2.75, 3.05) is 11.5 Å². The van der Waals surface area contributed by atoms with Gasteiger partial charge in [0.15, 0.2) is 5.78 Å². The zero-order chi connectivity index (χ0) is 19.7. The molecule has 0 spiro atoms. The van der Waals surface area contributed by atoms with E-state index in [1.165, 1.54) is 0 Å². The highest BCUT2D eigenvalue weighted by Crippen LogP contribution is 2.44. The Kier molecular flexibility index (Phi) is 5.23. The molecule has 2 aliphatic rings. The molecule has 1 unspecified atom stereocenters. The van der Waals surface area contributed by atoms with E-state index in [1.807, 2.05) is 49.4 Å². The Morgan fingerprint density at radius 1 is 1.07 bits per heavy atom. The molecule has 5 heteroatoms. The Labute approximate surface area is 169 Å². The molecule has 1 amide bonds. The summed E-state index contributed by atoms with van der Waals surface area (Å²) >= 11 is 6.38. The second-order valence-corrected chi connectivity index (χ2v) is 7.48. The van der Waals surface area contributed by atoms with Gasteiger partial charge < -0.3 is 4.74 Å². The van der Waals surface area contributed by atoms with E-state index in [-0.39, 0.29) is 24.0 Å². The molecule has 0 bridgehead atoms. The molecule has 28 heavy (non-hydrogen) atoms. The SMILES string of the molecule is CCOc1ccc(C2CC(=O)N(c3ccccc3Cl)C3=C2C(=O)CCC3)cc1. The maximum atomic E-state index is 13.2. The van der Waals surface area contributed by atoms with Crippen LogP contribution in [0.2, 0.25) is 5.02 Å². The summed E-state index contributed by atoms with van der Waals surface area (Å²) in [7, 11) is 0. The Bertz CT molecular complexity index is 949. The van der Waals surface area contributed by atoms with Gasteiger partial charge in [-0.1, -0.05) is 35.9 Å². The van der Waals surface area contributed by atoms with Gasteiger partial charge in [0, 0.05) is 30.0 Å². The lowest BCUT2D eigenvalue weighted by molar-refractivity contribution is -0.119. The summed E-state index contributed by atoms with van der Waals surface area (Å²) in [5, 5.41) is 0.514. The molecule has 4 nitrogen and oxygen atoms in total. The number of halogens is 1. The van der Waals surface area contributed by atoms with E-state index in [9.17, 15) is 9.59 Å². The highest BCUT2D eigenvalue weighted by Gasteiger charge is 2.40. The largest absolute Gasteiger partial charge is 0.494 e. The van der Waals surface area contributed by atoms with Gasteiger partial charge in [0.2, 0.25) is 5.91 Å². The van der Waals surface area contributed by atoms with Crippen LogP contribution < -0.4 is 9.64 Å². The molecular formula is C23H22ClNO3. The molecule has 1 aliphatic carbocycles. The average molecular weight is 396 g/mol. The molecule has 0 fully saturated rings. The molecule has 1 aliphatic heterocycles. The summed E-state index contributed by atoms with van der Waals surface area (Å²) < 4.78 is 5.52. The fraction of sp³-hybridized carbons (Fsp3) is 0.304. The average Bonchev–Trinajstić information content (AvgIpc) is 2.69. The lowest BCUT2D eigenvalue weighted by atomic mass is 9.77. The van der Waals surface area contributed by atoms with Crippen molar-refractivity contribution >= 4 is 29.0 Å². The summed E-state index contributed by atoms with van der Waals surface area (Å²) in [5.41, 5.74) is 3.19. The van der Waals surface area contributed by atoms with Crippen molar-refractivity contribution in [2.45, 2.75) is 38.5 Å². The smallest absolute Gasteiger partial charge is 0.232 e. The lowest BCUT2D eigenvalue weighted by Gasteiger charge is -2.38. The minimum absolute atomic E-state index is 0.0274. The van der Waals surface area contributed by atoms with E-state index in [2.05, 4.69) is 0 Å². The van der Waals surface area contributed by atoms with Crippen molar-refractivity contribution < 1.29 is 14.3 Å². The van der Waals surface area contributed by atoms with Gasteiger partial charge in [0.25, 0.3) is 0 Å². The zero-order valence-electron chi connectivity index (χ0n) is 15.8. The Morgan fingerprint density at radius 3 is 2.54 bits per heavy atom. The van der Waals surface area contributed by atoms with Gasteiger partial charge in [-0.25, -0.2) is 0 Å². The fourth-order valence-corrected chi connectivity index (χ4v) is 4.37. The monoisotopic (exact) mass is 395 g/mol. The van der Waals surface area contributed by atoms with E-state index in [0.29, 0.717) is 30.2 Å². The third-order valence-corrected chi connectivity index (χ3v) is 5.68. The predicted molar refractivity (Wildman–Crippen MR) is 110 cm³/mol. The molecule has 0 aromatic heterocycles. The first-order chi connectivity index (χ1) is 13.6. The first-order valence-electron chi connectivity index (χ1n) is 9.66. The number of allylic oxidation sites excluding steroid dienone is 2. The van der Waals surface area contributed by atoms with Crippen LogP contribution in [0.1, 0.15) is 44.1 Å². The van der Waals surface area contributed by atoms with Crippen molar-refractivity contribution in [3.8, 4) is 5.75 Å². The van der Waals surface area contributed by atoms with Gasteiger partial charge in [0.05, 0.1) is 17.3 Å². The summed E-state index contributed by atoms with van der Waals surface area (Å²) in [6.45, 7) is 2.54. The van der Waals surface area contributed by atoms with E-state index < -0.39 is 0 Å². The first kappa shape index (κ1) is 18.8. The minimum atomic E-state index is -0.218. The van der Waals surface area contributed by atoms with Crippen molar-refractivity contribution in [2.24, 2.45) is 0 Å². The molecule has 2 aromatic carbocycles. The van der Waals surface area contributed by atoms with E-state index in [4.69, 9.17) is 16.3 Å². The van der Waals surface area contributed by atoms with E-state index in [0.717, 1.165) is 29.0 Å². The number of carbonyl (C=O) groups excluding carboxylic acids is 2. The molecule has 0 N–H and O–H groups in total. The number of hydrogen-bond acceptors (Lipinski definition) is 3. The number of hydrogen-bond donors (Lipinski definition) is 0. The van der Waals surface area contributed by atoms with Gasteiger partial charge in [0.1, 0.15) is 5.75 Å². The van der Waals surface area contributed by atoms with E-state index >= 15 is 0 Å². The van der Waals surface area contributed by atoms with Gasteiger partial charge in [-0.15, -0.1) is 0 Å². The quantitative estimate of drug-likeness (QED) is 0.708. The van der Waals surface area contributed by atoms with Crippen LogP contribution in [0.15, 0.2) is 59.8 Å². The number of benzene rings is 2. The van der Waals surface area contributed by atoms with Crippen LogP contribution in [-0.4, -0.2) is 18.3 Å². The van der Waals surface area contributed by atoms with Crippen LogP contribution in [0.3, 0.4) is 0 Å². The number of nitrogens with zero attached hydrogens (tertiary/aromatic N) is 1. The first-order valence-corrected chi connectivity index (χ1v) is 10.0. The minimum Gasteiger partial charge on any atom is -0.494 e. The van der Waals surface area contributed by atoms with Gasteiger partial charge >= 0.3 is 0 Å². The highest BCUT2D eigenvalue weighted by molar-refractivity contribution is 6.34. The molecule has 2 aromatic rings. The molecular weight excluding hydrogens is 374 g/mol. The second kappa shape index (κ2) is 7.80. The summed E-state index contributed by atoms with van der Waals surface area (Å²) in [4.78, 5) is 27.7. The Balaban J connectivity index is 1.80. The highest BCUT2D eigenvalue weighted by atomic mass is 35.5. The number of Topliss-reactive ketones (excluding diaryl/α,β-unsaturated/α-hetero) is 1. The maximum absolute atomic E-state index is 13.2. The molecule has 0 radical (unpaired) electrons. The molecule has 4 rings (SSSR count). The summed E-state index contributed by atoms with van der Waals surface area (Å²) in [5.74, 6) is 0.671. The molecule has 0 saturated carbocycles. The number of ether oxygens (including phenoxy) is 1. The topological polar surface area (TPSA) is 46.6 Å². The van der Waals surface area contributed by atoms with Crippen molar-refractivity contribution in [3.05, 3.63) is 70.4 Å². The van der Waals surface area contributed by atoms with Crippen LogP contribution in [0.25, 0.3) is 0 Å². The Hall–Kier alpha value is -2.59. The van der Waals surface area contributed by atoms with Crippen LogP contribution in [-0.2, 0) is 9.59 Å². The second-order valence-electron chi connectivity index (χ2n) is 7.08. The summed E-state index contributed by atoms with van der Waals surface area (Å²) in [6.07, 6.45) is 2.23. The molecule has 1 heterocycles. The molecule has 1 atom stereocenters. The number of anilines is 1. The van der Waals surface area contributed by atoms with Crippen LogP contribution in [0, 0.1) is 0 Å². The van der Waals surface area contributed by atoms with Gasteiger partial charge in [-0.2, -0.15) is 0 Å². The third kappa shape index (κ3) is 3.33. The van der Waals surface area contributed by atoms with Crippen LogP contribution in [0.5, 0.6) is 5.75 Å². The predicted octanol–water partition coefficient (Wildman–Crippen LogP) is 5.27. The number of amides is 1. The fourth-order valence-electron chi connectivity index (χ4n) is 4.15. The maximum Gasteiger partial charge on any atom is 0.232 e. The van der Waals surface area contributed by atoms with Crippen LogP contribution >= 0.6 is 11.6 Å². The summed E-state index contributed by atoms with van der Waals surface area (Å²) in [6, 6.07) is 15.0. The van der Waals surface area contributed by atoms with Crippen LogP contribution in [0.4, 0.5) is 5.69 Å². The zero-order valence-corrected chi connectivity index (χ0v) is 16.5. The molecule has 0 saturated heterocycles. The number of rotatable bonds is 4. The number of carbonyl (C=O) groups is 2. The van der Waals surface area contributed by atoms with E-state index in [1.54, 1.807) is 11.0 Å².